The van der Waals surface area contributed by atoms with Gasteiger partial charge in [-0.25, -0.2) is 0 Å². The summed E-state index contributed by atoms with van der Waals surface area (Å²) < 4.78 is 0. The molecule has 0 saturated heterocycles. The Labute approximate surface area is 139 Å². The van der Waals surface area contributed by atoms with Crippen LogP contribution in [-0.2, 0) is 19.3 Å². The quantitative estimate of drug-likeness (QED) is 0.836. The summed E-state index contributed by atoms with van der Waals surface area (Å²) in [5, 5.41) is 13.8. The van der Waals surface area contributed by atoms with Gasteiger partial charge in [-0.1, -0.05) is 49.4 Å². The number of fused-ring (bicyclic) bond motifs is 1. The number of aryl methyl sites for hydroxylation is 1. The van der Waals surface area contributed by atoms with Gasteiger partial charge in [0.25, 0.3) is 0 Å². The summed E-state index contributed by atoms with van der Waals surface area (Å²) in [5.74, 6) is 0.470. The second-order valence-corrected chi connectivity index (χ2v) is 6.65. The van der Waals surface area contributed by atoms with Gasteiger partial charge >= 0.3 is 0 Å². The number of hydrogen-bond donors (Lipinski definition) is 2. The first kappa shape index (κ1) is 16.1. The number of benzene rings is 2. The van der Waals surface area contributed by atoms with Crippen molar-refractivity contribution in [1.29, 1.82) is 0 Å². The average Bonchev–Trinajstić information content (AvgIpc) is 2.59. The fourth-order valence-electron chi connectivity index (χ4n) is 3.65. The molecule has 0 spiro atoms. The summed E-state index contributed by atoms with van der Waals surface area (Å²) in [6.45, 7) is 2.27. The SMILES string of the molecule is CCC(CCc1ccccc1)NC1CCc2c(O)cccc2C1. The molecule has 0 aliphatic heterocycles. The topological polar surface area (TPSA) is 32.3 Å². The molecule has 1 aliphatic carbocycles. The second-order valence-electron chi connectivity index (χ2n) is 6.65. The third kappa shape index (κ3) is 4.14. The number of rotatable bonds is 6. The van der Waals surface area contributed by atoms with Crippen LogP contribution in [0.4, 0.5) is 0 Å². The summed E-state index contributed by atoms with van der Waals surface area (Å²) in [7, 11) is 0. The Balaban J connectivity index is 1.55. The highest BCUT2D eigenvalue weighted by atomic mass is 16.3. The summed E-state index contributed by atoms with van der Waals surface area (Å²) in [5.41, 5.74) is 3.89. The maximum atomic E-state index is 9.96. The highest BCUT2D eigenvalue weighted by Gasteiger charge is 2.22. The van der Waals surface area contributed by atoms with Crippen LogP contribution in [0.25, 0.3) is 0 Å². The molecule has 2 aromatic carbocycles. The van der Waals surface area contributed by atoms with Crippen molar-refractivity contribution >= 4 is 0 Å². The molecule has 2 N–H and O–H groups in total. The Morgan fingerprint density at radius 3 is 2.74 bits per heavy atom. The zero-order valence-corrected chi connectivity index (χ0v) is 14.0. The number of phenols is 1. The Morgan fingerprint density at radius 1 is 1.13 bits per heavy atom. The molecular weight excluding hydrogens is 282 g/mol. The monoisotopic (exact) mass is 309 g/mol. The molecule has 3 rings (SSSR count). The predicted molar refractivity (Wildman–Crippen MR) is 95.9 cm³/mol. The average molecular weight is 309 g/mol. The third-order valence-corrected chi connectivity index (χ3v) is 5.05. The fraction of sp³-hybridized carbons (Fsp3) is 0.429. The van der Waals surface area contributed by atoms with E-state index < -0.39 is 0 Å². The van der Waals surface area contributed by atoms with Gasteiger partial charge in [-0.05, 0) is 61.3 Å². The lowest BCUT2D eigenvalue weighted by Gasteiger charge is -2.30. The van der Waals surface area contributed by atoms with Crippen LogP contribution in [0.1, 0.15) is 42.9 Å². The van der Waals surface area contributed by atoms with Crippen molar-refractivity contribution in [2.45, 2.75) is 57.5 Å². The Kier molecular flexibility index (Phi) is 5.35. The van der Waals surface area contributed by atoms with E-state index in [-0.39, 0.29) is 0 Å². The first-order chi connectivity index (χ1) is 11.3. The van der Waals surface area contributed by atoms with E-state index in [0.29, 0.717) is 17.8 Å². The summed E-state index contributed by atoms with van der Waals surface area (Å²) >= 11 is 0. The first-order valence-electron chi connectivity index (χ1n) is 8.86. The van der Waals surface area contributed by atoms with Gasteiger partial charge in [0.1, 0.15) is 5.75 Å². The Morgan fingerprint density at radius 2 is 1.96 bits per heavy atom. The van der Waals surface area contributed by atoms with Gasteiger partial charge in [0.05, 0.1) is 0 Å². The van der Waals surface area contributed by atoms with Crippen molar-refractivity contribution in [1.82, 2.24) is 5.32 Å². The van der Waals surface area contributed by atoms with Crippen LogP contribution < -0.4 is 5.32 Å². The van der Waals surface area contributed by atoms with Crippen molar-refractivity contribution in [3.63, 3.8) is 0 Å². The second kappa shape index (κ2) is 7.65. The zero-order chi connectivity index (χ0) is 16.1. The van der Waals surface area contributed by atoms with Crippen LogP contribution in [0.15, 0.2) is 48.5 Å². The number of hydrogen-bond acceptors (Lipinski definition) is 2. The standard InChI is InChI=1S/C21H27NO/c1-2-18(12-11-16-7-4-3-5-8-16)22-19-13-14-20-17(15-19)9-6-10-21(20)23/h3-10,18-19,22-23H,2,11-15H2,1H3. The zero-order valence-electron chi connectivity index (χ0n) is 14.0. The van der Waals surface area contributed by atoms with E-state index in [2.05, 4.69) is 48.6 Å². The van der Waals surface area contributed by atoms with Crippen LogP contribution in [0, 0.1) is 0 Å². The van der Waals surface area contributed by atoms with E-state index in [9.17, 15) is 5.11 Å². The van der Waals surface area contributed by atoms with Crippen LogP contribution in [0.5, 0.6) is 5.75 Å². The normalized spacial score (nSPS) is 18.4. The molecule has 2 aromatic rings. The molecule has 2 atom stereocenters. The predicted octanol–water partition coefficient (Wildman–Crippen LogP) is 4.25. The van der Waals surface area contributed by atoms with Gasteiger partial charge in [0.15, 0.2) is 0 Å². The smallest absolute Gasteiger partial charge is 0.119 e. The number of aromatic hydroxyl groups is 1. The van der Waals surface area contributed by atoms with E-state index in [1.807, 2.05) is 6.07 Å². The molecule has 0 radical (unpaired) electrons. The molecule has 0 aromatic heterocycles. The minimum absolute atomic E-state index is 0.470. The molecular formula is C21H27NO. The molecule has 0 heterocycles. The highest BCUT2D eigenvalue weighted by Crippen LogP contribution is 2.29. The molecule has 0 bridgehead atoms. The van der Waals surface area contributed by atoms with Gasteiger partial charge < -0.3 is 10.4 Å². The molecule has 23 heavy (non-hydrogen) atoms. The van der Waals surface area contributed by atoms with Crippen molar-refractivity contribution in [3.05, 3.63) is 65.2 Å². The lowest BCUT2D eigenvalue weighted by atomic mass is 9.87. The lowest BCUT2D eigenvalue weighted by Crippen LogP contribution is -2.41. The van der Waals surface area contributed by atoms with E-state index in [1.54, 1.807) is 6.07 Å². The van der Waals surface area contributed by atoms with Crippen LogP contribution >= 0.6 is 0 Å². The van der Waals surface area contributed by atoms with Gasteiger partial charge in [-0.3, -0.25) is 0 Å². The summed E-state index contributed by atoms with van der Waals surface area (Å²) in [6.07, 6.45) is 6.61. The molecule has 0 amide bonds. The van der Waals surface area contributed by atoms with Gasteiger partial charge in [-0.2, -0.15) is 0 Å². The largest absolute Gasteiger partial charge is 0.508 e. The molecule has 122 valence electrons. The van der Waals surface area contributed by atoms with Gasteiger partial charge in [0, 0.05) is 12.1 Å². The van der Waals surface area contributed by atoms with E-state index in [4.69, 9.17) is 0 Å². The van der Waals surface area contributed by atoms with Crippen molar-refractivity contribution in [2.75, 3.05) is 0 Å². The molecule has 2 heteroatoms. The summed E-state index contributed by atoms with van der Waals surface area (Å²) in [4.78, 5) is 0. The van der Waals surface area contributed by atoms with Gasteiger partial charge in [-0.15, -0.1) is 0 Å². The minimum Gasteiger partial charge on any atom is -0.508 e. The molecule has 0 saturated carbocycles. The molecule has 1 aliphatic rings. The van der Waals surface area contributed by atoms with Crippen LogP contribution in [-0.4, -0.2) is 17.2 Å². The maximum absolute atomic E-state index is 9.96. The van der Waals surface area contributed by atoms with E-state index in [1.165, 1.54) is 17.5 Å². The lowest BCUT2D eigenvalue weighted by molar-refractivity contribution is 0.366. The first-order valence-corrected chi connectivity index (χ1v) is 8.86. The number of phenolic OH excluding ortho intramolecular Hbond substituents is 1. The van der Waals surface area contributed by atoms with E-state index in [0.717, 1.165) is 37.7 Å². The fourth-order valence-corrected chi connectivity index (χ4v) is 3.65. The van der Waals surface area contributed by atoms with Crippen molar-refractivity contribution in [2.24, 2.45) is 0 Å². The van der Waals surface area contributed by atoms with Crippen LogP contribution in [0.2, 0.25) is 0 Å². The molecule has 2 nitrogen and oxygen atoms in total. The van der Waals surface area contributed by atoms with Crippen LogP contribution in [0.3, 0.4) is 0 Å². The number of nitrogens with one attached hydrogen (secondary N) is 1. The van der Waals surface area contributed by atoms with Crippen molar-refractivity contribution < 1.29 is 5.11 Å². The maximum Gasteiger partial charge on any atom is 0.119 e. The van der Waals surface area contributed by atoms with Gasteiger partial charge in [0.2, 0.25) is 0 Å². The molecule has 2 unspecified atom stereocenters. The third-order valence-electron chi connectivity index (χ3n) is 5.05. The van der Waals surface area contributed by atoms with Crippen molar-refractivity contribution in [3.8, 4) is 5.75 Å². The molecule has 0 fully saturated rings. The Hall–Kier alpha value is -1.80. The minimum atomic E-state index is 0.470. The highest BCUT2D eigenvalue weighted by molar-refractivity contribution is 5.41. The van der Waals surface area contributed by atoms with E-state index >= 15 is 0 Å². The summed E-state index contributed by atoms with van der Waals surface area (Å²) in [6, 6.07) is 17.8. The Bertz CT molecular complexity index is 623.